The number of benzene rings is 2. The molecular weight excluding hydrogens is 378 g/mol. The maximum atomic E-state index is 12.5. The number of sulfonamides is 1. The van der Waals surface area contributed by atoms with Gasteiger partial charge in [-0.2, -0.15) is 0 Å². The monoisotopic (exact) mass is 397 g/mol. The topological polar surface area (TPSA) is 97.4 Å². The molecule has 0 saturated heterocycles. The summed E-state index contributed by atoms with van der Waals surface area (Å²) in [6.45, 7) is 0.0589. The number of nitrogens with zero attached hydrogens (tertiary/aromatic N) is 1. The van der Waals surface area contributed by atoms with Crippen LogP contribution in [-0.4, -0.2) is 26.4 Å². The quantitative estimate of drug-likeness (QED) is 0.639. The second-order valence-electron chi connectivity index (χ2n) is 5.86. The average molecular weight is 397 g/mol. The third-order valence-electron chi connectivity index (χ3n) is 3.90. The Morgan fingerprint density at radius 3 is 2.61 bits per heavy atom. The van der Waals surface area contributed by atoms with E-state index in [1.807, 2.05) is 0 Å². The number of rotatable bonds is 7. The number of hydrogen-bond donors (Lipinski definition) is 2. The van der Waals surface area contributed by atoms with Crippen molar-refractivity contribution in [2.75, 3.05) is 12.4 Å². The molecule has 0 aliphatic carbocycles. The van der Waals surface area contributed by atoms with Crippen LogP contribution in [0.2, 0.25) is 0 Å². The van der Waals surface area contributed by atoms with E-state index in [1.165, 1.54) is 25.3 Å². The second-order valence-corrected chi connectivity index (χ2v) is 7.63. The van der Waals surface area contributed by atoms with Gasteiger partial charge in [0.2, 0.25) is 10.0 Å². The summed E-state index contributed by atoms with van der Waals surface area (Å²) < 4.78 is 32.7. The van der Waals surface area contributed by atoms with Gasteiger partial charge in [-0.15, -0.1) is 0 Å². The van der Waals surface area contributed by atoms with Crippen molar-refractivity contribution >= 4 is 21.6 Å². The molecule has 0 fully saturated rings. The van der Waals surface area contributed by atoms with Gasteiger partial charge in [0.25, 0.3) is 5.91 Å². The highest BCUT2D eigenvalue weighted by atomic mass is 32.2. The van der Waals surface area contributed by atoms with Crippen LogP contribution in [0.3, 0.4) is 0 Å². The largest absolute Gasteiger partial charge is 0.497 e. The highest BCUT2D eigenvalue weighted by Gasteiger charge is 2.16. The van der Waals surface area contributed by atoms with Crippen LogP contribution in [0.5, 0.6) is 5.75 Å². The van der Waals surface area contributed by atoms with E-state index in [4.69, 9.17) is 4.74 Å². The van der Waals surface area contributed by atoms with E-state index in [9.17, 15) is 13.2 Å². The predicted molar refractivity (Wildman–Crippen MR) is 106 cm³/mol. The maximum absolute atomic E-state index is 12.5. The Labute approximate surface area is 163 Å². The number of nitrogens with one attached hydrogen (secondary N) is 2. The summed E-state index contributed by atoms with van der Waals surface area (Å²) in [5.74, 6) is 0.183. The zero-order chi connectivity index (χ0) is 20.0. The molecule has 0 aliphatic rings. The lowest BCUT2D eigenvalue weighted by Crippen LogP contribution is -2.24. The van der Waals surface area contributed by atoms with E-state index in [2.05, 4.69) is 15.0 Å². The molecule has 1 aromatic heterocycles. The third-order valence-corrected chi connectivity index (χ3v) is 5.30. The highest BCUT2D eigenvalue weighted by Crippen LogP contribution is 2.18. The smallest absolute Gasteiger partial charge is 0.255 e. The van der Waals surface area contributed by atoms with E-state index < -0.39 is 15.9 Å². The number of ether oxygens (including phenoxy) is 1. The molecule has 0 saturated carbocycles. The number of aromatic nitrogens is 1. The molecule has 0 spiro atoms. The Morgan fingerprint density at radius 1 is 1.04 bits per heavy atom. The van der Waals surface area contributed by atoms with E-state index in [1.54, 1.807) is 54.7 Å². The lowest BCUT2D eigenvalue weighted by atomic mass is 10.2. The van der Waals surface area contributed by atoms with Crippen molar-refractivity contribution in [2.24, 2.45) is 0 Å². The van der Waals surface area contributed by atoms with E-state index in [0.717, 1.165) is 0 Å². The van der Waals surface area contributed by atoms with Crippen molar-refractivity contribution in [3.63, 3.8) is 0 Å². The van der Waals surface area contributed by atoms with Crippen molar-refractivity contribution in [3.05, 3.63) is 84.2 Å². The Hall–Kier alpha value is -3.23. The van der Waals surface area contributed by atoms with Gasteiger partial charge in [0, 0.05) is 23.5 Å². The first kappa shape index (κ1) is 19.5. The van der Waals surface area contributed by atoms with Gasteiger partial charge >= 0.3 is 0 Å². The van der Waals surface area contributed by atoms with E-state index in [0.29, 0.717) is 17.1 Å². The SMILES string of the molecule is COc1cccc(NC(=O)c2cccc(S(=O)(=O)NCc3ccccn3)c2)c1. The number of hydrogen-bond acceptors (Lipinski definition) is 5. The summed E-state index contributed by atoms with van der Waals surface area (Å²) >= 11 is 0. The van der Waals surface area contributed by atoms with Crippen LogP contribution in [0.25, 0.3) is 0 Å². The zero-order valence-corrected chi connectivity index (χ0v) is 15.9. The Bertz CT molecular complexity index is 1070. The Morgan fingerprint density at radius 2 is 1.86 bits per heavy atom. The van der Waals surface area contributed by atoms with Gasteiger partial charge in [0.15, 0.2) is 0 Å². The molecule has 3 aromatic rings. The van der Waals surface area contributed by atoms with Crippen LogP contribution < -0.4 is 14.8 Å². The van der Waals surface area contributed by atoms with Crippen molar-refractivity contribution in [1.29, 1.82) is 0 Å². The number of anilines is 1. The summed E-state index contributed by atoms with van der Waals surface area (Å²) in [4.78, 5) is 16.6. The summed E-state index contributed by atoms with van der Waals surface area (Å²) in [7, 11) is -2.25. The number of methoxy groups -OCH3 is 1. The second kappa shape index (κ2) is 8.64. The molecule has 2 N–H and O–H groups in total. The van der Waals surface area contributed by atoms with Gasteiger partial charge in [0.05, 0.1) is 24.2 Å². The van der Waals surface area contributed by atoms with Crippen molar-refractivity contribution < 1.29 is 17.9 Å². The molecule has 0 radical (unpaired) electrons. The molecule has 144 valence electrons. The van der Waals surface area contributed by atoms with Crippen LogP contribution in [0, 0.1) is 0 Å². The molecule has 2 aromatic carbocycles. The molecule has 8 heteroatoms. The van der Waals surface area contributed by atoms with Crippen LogP contribution in [0.15, 0.2) is 77.8 Å². The van der Waals surface area contributed by atoms with Crippen LogP contribution >= 0.6 is 0 Å². The fourth-order valence-corrected chi connectivity index (χ4v) is 3.51. The van der Waals surface area contributed by atoms with Gasteiger partial charge in [-0.05, 0) is 42.5 Å². The molecule has 0 bridgehead atoms. The minimum atomic E-state index is -3.79. The summed E-state index contributed by atoms with van der Waals surface area (Å²) in [6.07, 6.45) is 1.59. The number of pyridine rings is 1. The summed E-state index contributed by atoms with van der Waals surface area (Å²) in [5, 5.41) is 2.73. The molecule has 3 rings (SSSR count). The molecule has 1 amide bonds. The van der Waals surface area contributed by atoms with Gasteiger partial charge in [-0.3, -0.25) is 9.78 Å². The number of amides is 1. The molecule has 0 atom stereocenters. The van der Waals surface area contributed by atoms with Crippen LogP contribution in [0.4, 0.5) is 5.69 Å². The van der Waals surface area contributed by atoms with Crippen molar-refractivity contribution in [1.82, 2.24) is 9.71 Å². The first-order valence-corrected chi connectivity index (χ1v) is 9.91. The van der Waals surface area contributed by atoms with Crippen LogP contribution in [0.1, 0.15) is 16.1 Å². The van der Waals surface area contributed by atoms with Crippen molar-refractivity contribution in [3.8, 4) is 5.75 Å². The molecule has 0 aliphatic heterocycles. The normalized spacial score (nSPS) is 11.0. The molecule has 0 unspecified atom stereocenters. The lowest BCUT2D eigenvalue weighted by molar-refractivity contribution is 0.102. The minimum Gasteiger partial charge on any atom is -0.497 e. The Balaban J connectivity index is 1.74. The van der Waals surface area contributed by atoms with Gasteiger partial charge < -0.3 is 10.1 Å². The lowest BCUT2D eigenvalue weighted by Gasteiger charge is -2.09. The minimum absolute atomic E-state index is 0.00160. The maximum Gasteiger partial charge on any atom is 0.255 e. The summed E-state index contributed by atoms with van der Waals surface area (Å²) in [5.41, 5.74) is 1.37. The van der Waals surface area contributed by atoms with Crippen molar-refractivity contribution in [2.45, 2.75) is 11.4 Å². The molecule has 1 heterocycles. The zero-order valence-electron chi connectivity index (χ0n) is 15.1. The Kier molecular flexibility index (Phi) is 6.03. The van der Waals surface area contributed by atoms with Gasteiger partial charge in [0.1, 0.15) is 5.75 Å². The fraction of sp³-hybridized carbons (Fsp3) is 0.100. The first-order valence-electron chi connectivity index (χ1n) is 8.43. The highest BCUT2D eigenvalue weighted by molar-refractivity contribution is 7.89. The molecule has 7 nitrogen and oxygen atoms in total. The van der Waals surface area contributed by atoms with Gasteiger partial charge in [-0.1, -0.05) is 18.2 Å². The molecule has 28 heavy (non-hydrogen) atoms. The summed E-state index contributed by atoms with van der Waals surface area (Å²) in [6, 6.07) is 18.0. The van der Waals surface area contributed by atoms with Crippen LogP contribution in [-0.2, 0) is 16.6 Å². The number of carbonyl (C=O) groups is 1. The van der Waals surface area contributed by atoms with E-state index in [-0.39, 0.29) is 17.0 Å². The van der Waals surface area contributed by atoms with Gasteiger partial charge in [-0.25, -0.2) is 13.1 Å². The average Bonchev–Trinajstić information content (AvgIpc) is 2.73. The standard InChI is InChI=1S/C20H19N3O4S/c1-27-18-9-5-8-16(13-18)23-20(24)15-6-4-10-19(12-15)28(25,26)22-14-17-7-2-3-11-21-17/h2-13,22H,14H2,1H3,(H,23,24). The fourth-order valence-electron chi connectivity index (χ4n) is 2.46. The predicted octanol–water partition coefficient (Wildman–Crippen LogP) is 2.82. The van der Waals surface area contributed by atoms with E-state index >= 15 is 0 Å². The number of carbonyl (C=O) groups excluding carboxylic acids is 1. The third kappa shape index (κ3) is 4.93. The first-order chi connectivity index (χ1) is 13.5. The molecular formula is C20H19N3O4S.